The van der Waals surface area contributed by atoms with Crippen LogP contribution in [0.2, 0.25) is 0 Å². The van der Waals surface area contributed by atoms with Crippen LogP contribution < -0.4 is 14.8 Å². The molecule has 0 aliphatic heterocycles. The number of carbonyl (C=O) groups excluding carboxylic acids is 2. The Hall–Kier alpha value is -3.02. The summed E-state index contributed by atoms with van der Waals surface area (Å²) in [5.41, 5.74) is 2.08. The molecule has 1 atom stereocenters. The standard InChI is InChI=1S/C24H32N2O4/c1-5-14-25-24(28)20(6-2)26(16-19-11-9-10-18(3)15-19)23(27)17-30-22-13-8-7-12-21(22)29-4/h7-13,15,20H,5-6,14,16-17H2,1-4H3,(H,25,28)/t20-/m0/s1. The number of aryl methyl sites for hydroxylation is 1. The van der Waals surface area contributed by atoms with Gasteiger partial charge in [-0.15, -0.1) is 0 Å². The number of nitrogens with zero attached hydrogens (tertiary/aromatic N) is 1. The lowest BCUT2D eigenvalue weighted by atomic mass is 10.1. The molecule has 0 unspecified atom stereocenters. The van der Waals surface area contributed by atoms with Gasteiger partial charge in [-0.1, -0.05) is 55.8 Å². The number of carbonyl (C=O) groups is 2. The molecule has 2 rings (SSSR count). The smallest absolute Gasteiger partial charge is 0.261 e. The van der Waals surface area contributed by atoms with Gasteiger partial charge in [0.25, 0.3) is 5.91 Å². The molecule has 1 N–H and O–H groups in total. The van der Waals surface area contributed by atoms with E-state index >= 15 is 0 Å². The van der Waals surface area contributed by atoms with E-state index in [-0.39, 0.29) is 18.4 Å². The molecule has 0 aromatic heterocycles. The highest BCUT2D eigenvalue weighted by Gasteiger charge is 2.29. The number of para-hydroxylation sites is 2. The third-order valence-electron chi connectivity index (χ3n) is 4.79. The molecule has 0 radical (unpaired) electrons. The van der Waals surface area contributed by atoms with Gasteiger partial charge in [-0.3, -0.25) is 9.59 Å². The highest BCUT2D eigenvalue weighted by Crippen LogP contribution is 2.26. The summed E-state index contributed by atoms with van der Waals surface area (Å²) in [7, 11) is 1.55. The molecule has 0 saturated carbocycles. The fourth-order valence-electron chi connectivity index (χ4n) is 3.25. The summed E-state index contributed by atoms with van der Waals surface area (Å²) in [5, 5.41) is 2.91. The lowest BCUT2D eigenvalue weighted by Gasteiger charge is -2.30. The van der Waals surface area contributed by atoms with E-state index in [9.17, 15) is 9.59 Å². The number of hydrogen-bond acceptors (Lipinski definition) is 4. The minimum Gasteiger partial charge on any atom is -0.493 e. The van der Waals surface area contributed by atoms with Crippen LogP contribution in [-0.4, -0.2) is 43.0 Å². The van der Waals surface area contributed by atoms with Crippen molar-refractivity contribution in [2.45, 2.75) is 46.2 Å². The van der Waals surface area contributed by atoms with Crippen LogP contribution in [0.1, 0.15) is 37.8 Å². The fraction of sp³-hybridized carbons (Fsp3) is 0.417. The predicted octanol–water partition coefficient (Wildman–Crippen LogP) is 3.72. The van der Waals surface area contributed by atoms with Crippen LogP contribution in [0.15, 0.2) is 48.5 Å². The van der Waals surface area contributed by atoms with Gasteiger partial charge < -0.3 is 19.7 Å². The summed E-state index contributed by atoms with van der Waals surface area (Å²) < 4.78 is 11.0. The van der Waals surface area contributed by atoms with E-state index in [4.69, 9.17) is 9.47 Å². The maximum Gasteiger partial charge on any atom is 0.261 e. The first-order valence-corrected chi connectivity index (χ1v) is 10.4. The summed E-state index contributed by atoms with van der Waals surface area (Å²) in [6.07, 6.45) is 1.35. The van der Waals surface area contributed by atoms with Crippen molar-refractivity contribution in [3.05, 3.63) is 59.7 Å². The van der Waals surface area contributed by atoms with Crippen molar-refractivity contribution in [2.24, 2.45) is 0 Å². The number of amides is 2. The number of hydrogen-bond donors (Lipinski definition) is 1. The third kappa shape index (κ3) is 6.51. The third-order valence-corrected chi connectivity index (χ3v) is 4.79. The molecule has 162 valence electrons. The summed E-state index contributed by atoms with van der Waals surface area (Å²) in [6, 6.07) is 14.6. The van der Waals surface area contributed by atoms with Crippen LogP contribution >= 0.6 is 0 Å². The highest BCUT2D eigenvalue weighted by molar-refractivity contribution is 5.88. The molecule has 0 fully saturated rings. The molecule has 6 heteroatoms. The Morgan fingerprint density at radius 1 is 1.07 bits per heavy atom. The van der Waals surface area contributed by atoms with E-state index in [0.29, 0.717) is 31.0 Å². The average molecular weight is 413 g/mol. The molecule has 0 spiro atoms. The van der Waals surface area contributed by atoms with Gasteiger partial charge in [0.05, 0.1) is 7.11 Å². The Kier molecular flexibility index (Phi) is 9.19. The molecule has 2 amide bonds. The van der Waals surface area contributed by atoms with E-state index in [1.165, 1.54) is 0 Å². The lowest BCUT2D eigenvalue weighted by molar-refractivity contribution is -0.143. The normalized spacial score (nSPS) is 11.5. The SMILES string of the molecule is CCCNC(=O)[C@H](CC)N(Cc1cccc(C)c1)C(=O)COc1ccccc1OC. The van der Waals surface area contributed by atoms with Crippen LogP contribution in [0, 0.1) is 6.92 Å². The van der Waals surface area contributed by atoms with Gasteiger partial charge in [-0.05, 0) is 37.5 Å². The first-order chi connectivity index (χ1) is 14.5. The van der Waals surface area contributed by atoms with Crippen LogP contribution in [0.4, 0.5) is 0 Å². The van der Waals surface area contributed by atoms with Gasteiger partial charge in [0, 0.05) is 13.1 Å². The van der Waals surface area contributed by atoms with Gasteiger partial charge in [0.2, 0.25) is 5.91 Å². The Labute approximate surface area is 179 Å². The summed E-state index contributed by atoms with van der Waals surface area (Å²) in [5.74, 6) is 0.661. The van der Waals surface area contributed by atoms with Crippen LogP contribution in [0.25, 0.3) is 0 Å². The number of nitrogens with one attached hydrogen (secondary N) is 1. The van der Waals surface area contributed by atoms with E-state index < -0.39 is 6.04 Å². The Morgan fingerprint density at radius 3 is 2.43 bits per heavy atom. The van der Waals surface area contributed by atoms with Crippen LogP contribution in [0.3, 0.4) is 0 Å². The van der Waals surface area contributed by atoms with Crippen LogP contribution in [0.5, 0.6) is 11.5 Å². The molecule has 0 bridgehead atoms. The predicted molar refractivity (Wildman–Crippen MR) is 118 cm³/mol. The quantitative estimate of drug-likeness (QED) is 0.611. The number of ether oxygens (including phenoxy) is 2. The van der Waals surface area contributed by atoms with E-state index in [0.717, 1.165) is 17.5 Å². The van der Waals surface area contributed by atoms with Crippen molar-refractivity contribution in [1.29, 1.82) is 0 Å². The Morgan fingerprint density at radius 2 is 1.80 bits per heavy atom. The summed E-state index contributed by atoms with van der Waals surface area (Å²) >= 11 is 0. The number of benzene rings is 2. The van der Waals surface area contributed by atoms with E-state index in [2.05, 4.69) is 5.32 Å². The number of methoxy groups -OCH3 is 1. The number of rotatable bonds is 11. The lowest BCUT2D eigenvalue weighted by Crippen LogP contribution is -2.50. The molecule has 0 aliphatic carbocycles. The van der Waals surface area contributed by atoms with Crippen molar-refractivity contribution in [3.8, 4) is 11.5 Å². The maximum atomic E-state index is 13.2. The van der Waals surface area contributed by atoms with Gasteiger partial charge in [-0.2, -0.15) is 0 Å². The monoisotopic (exact) mass is 412 g/mol. The molecular formula is C24H32N2O4. The van der Waals surface area contributed by atoms with Gasteiger partial charge >= 0.3 is 0 Å². The zero-order valence-corrected chi connectivity index (χ0v) is 18.3. The van der Waals surface area contributed by atoms with Crippen molar-refractivity contribution in [2.75, 3.05) is 20.3 Å². The first-order valence-electron chi connectivity index (χ1n) is 10.4. The van der Waals surface area contributed by atoms with Gasteiger partial charge in [0.1, 0.15) is 6.04 Å². The Bertz CT molecular complexity index is 837. The van der Waals surface area contributed by atoms with Gasteiger partial charge in [-0.25, -0.2) is 0 Å². The fourth-order valence-corrected chi connectivity index (χ4v) is 3.25. The second-order valence-electron chi connectivity index (χ2n) is 7.17. The molecule has 0 saturated heterocycles. The summed E-state index contributed by atoms with van der Waals surface area (Å²) in [4.78, 5) is 27.5. The molecule has 0 heterocycles. The van der Waals surface area contributed by atoms with Crippen molar-refractivity contribution in [3.63, 3.8) is 0 Å². The zero-order chi connectivity index (χ0) is 21.9. The molecule has 6 nitrogen and oxygen atoms in total. The minimum absolute atomic E-state index is 0.141. The average Bonchev–Trinajstić information content (AvgIpc) is 2.76. The second kappa shape index (κ2) is 11.9. The van der Waals surface area contributed by atoms with Crippen molar-refractivity contribution in [1.82, 2.24) is 10.2 Å². The largest absolute Gasteiger partial charge is 0.493 e. The topological polar surface area (TPSA) is 67.9 Å². The van der Waals surface area contributed by atoms with E-state index in [1.807, 2.05) is 57.2 Å². The minimum atomic E-state index is -0.564. The molecule has 0 aliphatic rings. The molecule has 2 aromatic carbocycles. The first kappa shape index (κ1) is 23.3. The molecular weight excluding hydrogens is 380 g/mol. The van der Waals surface area contributed by atoms with Crippen LogP contribution in [-0.2, 0) is 16.1 Å². The summed E-state index contributed by atoms with van der Waals surface area (Å²) in [6.45, 7) is 6.66. The van der Waals surface area contributed by atoms with Crippen molar-refractivity contribution < 1.29 is 19.1 Å². The maximum absolute atomic E-state index is 13.2. The van der Waals surface area contributed by atoms with Crippen molar-refractivity contribution >= 4 is 11.8 Å². The molecule has 2 aromatic rings. The second-order valence-corrected chi connectivity index (χ2v) is 7.17. The van der Waals surface area contributed by atoms with E-state index in [1.54, 1.807) is 24.1 Å². The Balaban J connectivity index is 2.21. The highest BCUT2D eigenvalue weighted by atomic mass is 16.5. The molecule has 30 heavy (non-hydrogen) atoms. The zero-order valence-electron chi connectivity index (χ0n) is 18.3. The van der Waals surface area contributed by atoms with Gasteiger partial charge in [0.15, 0.2) is 18.1 Å².